The number of methoxy groups -OCH3 is 2. The molecule has 0 saturated carbocycles. The first-order valence-electron chi connectivity index (χ1n) is 4.19. The van der Waals surface area contributed by atoms with E-state index in [2.05, 4.69) is 4.74 Å². The first-order chi connectivity index (χ1) is 7.40. The van der Waals surface area contributed by atoms with Gasteiger partial charge in [0.2, 0.25) is 0 Å². The van der Waals surface area contributed by atoms with E-state index in [1.165, 1.54) is 19.2 Å². The number of hydrogen-bond donors (Lipinski definition) is 0. The summed E-state index contributed by atoms with van der Waals surface area (Å²) >= 11 is 0. The van der Waals surface area contributed by atoms with Gasteiger partial charge in [0, 0.05) is 5.30 Å². The quantitative estimate of drug-likeness (QED) is 0.500. The largest absolute Gasteiger partial charge is 0.807 e. The van der Waals surface area contributed by atoms with Crippen molar-refractivity contribution < 1.29 is 28.6 Å². The van der Waals surface area contributed by atoms with E-state index in [4.69, 9.17) is 4.74 Å². The van der Waals surface area contributed by atoms with Crippen molar-refractivity contribution in [2.24, 2.45) is 0 Å². The van der Waals surface area contributed by atoms with Crippen molar-refractivity contribution in [2.75, 3.05) is 14.2 Å². The molecule has 0 spiro atoms. The molecule has 0 radical (unpaired) electrons. The van der Waals surface area contributed by atoms with E-state index in [0.717, 1.165) is 13.2 Å². The summed E-state index contributed by atoms with van der Waals surface area (Å²) in [6, 6.07) is 3.53. The van der Waals surface area contributed by atoms with Gasteiger partial charge in [-0.15, -0.1) is 0 Å². The van der Waals surface area contributed by atoms with Crippen LogP contribution in [0.1, 0.15) is 10.4 Å². The van der Waals surface area contributed by atoms with Crippen molar-refractivity contribution in [3.05, 3.63) is 23.8 Å². The van der Waals surface area contributed by atoms with Crippen LogP contribution in [-0.2, 0) is 9.30 Å². The lowest BCUT2D eigenvalue weighted by Gasteiger charge is -2.31. The number of hydrogen-bond acceptors (Lipinski definition) is 6. The fourth-order valence-corrected chi connectivity index (χ4v) is 1.89. The summed E-state index contributed by atoms with van der Waals surface area (Å²) in [5.41, 5.74) is -0.295. The van der Waals surface area contributed by atoms with Crippen LogP contribution < -0.4 is 19.8 Å². The number of rotatable bonds is 3. The highest BCUT2D eigenvalue weighted by Crippen LogP contribution is 2.27. The van der Waals surface area contributed by atoms with Gasteiger partial charge < -0.3 is 23.8 Å². The Hall–Kier alpha value is -1.36. The molecule has 1 aromatic carbocycles. The first kappa shape index (κ1) is 12.7. The molecule has 7 heteroatoms. The van der Waals surface area contributed by atoms with Crippen LogP contribution in [0.5, 0.6) is 5.75 Å². The van der Waals surface area contributed by atoms with Crippen molar-refractivity contribution in [2.45, 2.75) is 0 Å². The van der Waals surface area contributed by atoms with Gasteiger partial charge in [-0.05, 0) is 25.8 Å². The van der Waals surface area contributed by atoms with Crippen LogP contribution in [-0.4, -0.2) is 20.2 Å². The minimum Gasteiger partial charge on any atom is -0.807 e. The molecule has 0 aliphatic heterocycles. The van der Waals surface area contributed by atoms with Gasteiger partial charge in [-0.25, -0.2) is 4.79 Å². The number of carbonyl (C=O) groups is 1. The van der Waals surface area contributed by atoms with E-state index in [1.807, 2.05) is 0 Å². The molecule has 0 heterocycles. The van der Waals surface area contributed by atoms with E-state index in [9.17, 15) is 19.1 Å². The van der Waals surface area contributed by atoms with Crippen LogP contribution in [0.15, 0.2) is 18.2 Å². The summed E-state index contributed by atoms with van der Waals surface area (Å²) < 4.78 is 20.1. The Morgan fingerprint density at radius 3 is 2.38 bits per heavy atom. The van der Waals surface area contributed by atoms with Crippen LogP contribution in [0.25, 0.3) is 0 Å². The number of benzene rings is 1. The normalized spacial score (nSPS) is 11.0. The lowest BCUT2D eigenvalue weighted by molar-refractivity contribution is -0.308. The Bertz CT molecular complexity index is 449. The molecule has 88 valence electrons. The average molecular weight is 244 g/mol. The molecule has 1 aromatic rings. The summed E-state index contributed by atoms with van der Waals surface area (Å²) in [6.45, 7) is 0. The van der Waals surface area contributed by atoms with Gasteiger partial charge in [0.1, 0.15) is 5.75 Å². The second-order valence-electron chi connectivity index (χ2n) is 2.87. The number of carbonyl (C=O) groups excluding carboxylic acids is 1. The lowest BCUT2D eigenvalue weighted by Crippen LogP contribution is -2.29. The number of ether oxygens (including phenoxy) is 2. The van der Waals surface area contributed by atoms with Crippen LogP contribution >= 0.6 is 7.60 Å². The lowest BCUT2D eigenvalue weighted by atomic mass is 10.2. The molecule has 6 nitrogen and oxygen atoms in total. The molecule has 0 aliphatic carbocycles. The fourth-order valence-electron chi connectivity index (χ4n) is 1.15. The molecule has 0 aliphatic rings. The van der Waals surface area contributed by atoms with Gasteiger partial charge in [0.15, 0.2) is 0 Å². The molecule has 0 saturated heterocycles. The summed E-state index contributed by atoms with van der Waals surface area (Å²) in [6.07, 6.45) is 0. The van der Waals surface area contributed by atoms with E-state index < -0.39 is 18.9 Å². The molecule has 16 heavy (non-hydrogen) atoms. The average Bonchev–Trinajstić information content (AvgIpc) is 2.26. The maximum atomic E-state index is 11.2. The van der Waals surface area contributed by atoms with Gasteiger partial charge in [-0.2, -0.15) is 0 Å². The molecular formula is C9H9O6P-2. The van der Waals surface area contributed by atoms with Gasteiger partial charge in [0.25, 0.3) is 0 Å². The third kappa shape index (κ3) is 2.61. The highest BCUT2D eigenvalue weighted by Gasteiger charge is 2.14. The first-order valence-corrected chi connectivity index (χ1v) is 5.73. The number of esters is 1. The zero-order valence-corrected chi connectivity index (χ0v) is 9.52. The maximum absolute atomic E-state index is 11.2. The molecule has 0 N–H and O–H groups in total. The van der Waals surface area contributed by atoms with Gasteiger partial charge >= 0.3 is 5.97 Å². The topological polar surface area (TPSA) is 98.7 Å². The van der Waals surface area contributed by atoms with Crippen LogP contribution in [0, 0.1) is 0 Å². The van der Waals surface area contributed by atoms with Crippen molar-refractivity contribution in [1.29, 1.82) is 0 Å². The molecule has 0 aromatic heterocycles. The highest BCUT2D eigenvalue weighted by atomic mass is 31.2. The van der Waals surface area contributed by atoms with Crippen molar-refractivity contribution in [3.8, 4) is 5.75 Å². The second-order valence-corrected chi connectivity index (χ2v) is 4.35. The Kier molecular flexibility index (Phi) is 3.70. The molecule has 0 amide bonds. The maximum Gasteiger partial charge on any atom is 0.338 e. The standard InChI is InChI=1S/C9H11O6P/c1-14-6-3-4-7(9(10)15-2)8(5-6)16(11,12)13/h3-5H,1-2H3,(H2,11,12,13)/p-2. The molecular weight excluding hydrogens is 235 g/mol. The fraction of sp³-hybridized carbons (Fsp3) is 0.222. The molecule has 0 fully saturated rings. The van der Waals surface area contributed by atoms with Crippen molar-refractivity contribution >= 4 is 18.9 Å². The Morgan fingerprint density at radius 2 is 1.94 bits per heavy atom. The molecule has 0 unspecified atom stereocenters. The van der Waals surface area contributed by atoms with Crippen molar-refractivity contribution in [1.82, 2.24) is 0 Å². The highest BCUT2D eigenvalue weighted by molar-refractivity contribution is 7.57. The SMILES string of the molecule is COC(=O)c1ccc(OC)cc1P(=O)([O-])[O-]. The van der Waals surface area contributed by atoms with E-state index >= 15 is 0 Å². The summed E-state index contributed by atoms with van der Waals surface area (Å²) in [7, 11) is -2.63. The zero-order valence-electron chi connectivity index (χ0n) is 8.63. The summed E-state index contributed by atoms with van der Waals surface area (Å²) in [5, 5.41) is -0.626. The van der Waals surface area contributed by atoms with E-state index in [1.54, 1.807) is 0 Å². The van der Waals surface area contributed by atoms with Crippen LogP contribution in [0.4, 0.5) is 0 Å². The van der Waals surface area contributed by atoms with Crippen molar-refractivity contribution in [3.63, 3.8) is 0 Å². The van der Waals surface area contributed by atoms with Crippen LogP contribution in [0.3, 0.4) is 0 Å². The third-order valence-corrected chi connectivity index (χ3v) is 2.87. The Morgan fingerprint density at radius 1 is 1.31 bits per heavy atom. The zero-order chi connectivity index (χ0) is 12.3. The summed E-state index contributed by atoms with van der Waals surface area (Å²) in [4.78, 5) is 33.1. The van der Waals surface area contributed by atoms with E-state index in [0.29, 0.717) is 0 Å². The van der Waals surface area contributed by atoms with Gasteiger partial charge in [-0.1, -0.05) is 0 Å². The van der Waals surface area contributed by atoms with Crippen LogP contribution in [0.2, 0.25) is 0 Å². The minimum atomic E-state index is -5.04. The summed E-state index contributed by atoms with van der Waals surface area (Å²) in [5.74, 6) is -0.709. The third-order valence-electron chi connectivity index (χ3n) is 1.91. The second kappa shape index (κ2) is 4.65. The predicted molar refractivity (Wildman–Crippen MR) is 51.6 cm³/mol. The Labute approximate surface area is 92.0 Å². The van der Waals surface area contributed by atoms with Gasteiger partial charge in [0.05, 0.1) is 19.8 Å². The van der Waals surface area contributed by atoms with E-state index in [-0.39, 0.29) is 11.3 Å². The molecule has 0 atom stereocenters. The predicted octanol–water partition coefficient (Wildman–Crippen LogP) is -0.979. The smallest absolute Gasteiger partial charge is 0.338 e. The van der Waals surface area contributed by atoms with Gasteiger partial charge in [-0.3, -0.25) is 0 Å². The minimum absolute atomic E-state index is 0.176. The molecule has 0 bridgehead atoms. The Balaban J connectivity index is 3.39. The monoisotopic (exact) mass is 244 g/mol. The molecule has 1 rings (SSSR count).